The van der Waals surface area contributed by atoms with Crippen LogP contribution in [-0.2, 0) is 4.84 Å². The van der Waals surface area contributed by atoms with Crippen molar-refractivity contribution < 1.29 is 4.84 Å². The van der Waals surface area contributed by atoms with E-state index >= 15 is 0 Å². The van der Waals surface area contributed by atoms with E-state index in [2.05, 4.69) is 19.2 Å². The molecule has 0 atom stereocenters. The van der Waals surface area contributed by atoms with Gasteiger partial charge in [0.25, 0.3) is 0 Å². The molecule has 1 fully saturated rings. The van der Waals surface area contributed by atoms with Crippen LogP contribution in [0.25, 0.3) is 0 Å². The van der Waals surface area contributed by atoms with Gasteiger partial charge in [-0.2, -0.15) is 0 Å². The van der Waals surface area contributed by atoms with Crippen LogP contribution >= 0.6 is 0 Å². The number of piperidine rings is 1. The van der Waals surface area contributed by atoms with E-state index in [9.17, 15) is 0 Å². The molecule has 1 heterocycles. The van der Waals surface area contributed by atoms with E-state index in [1.54, 1.807) is 0 Å². The molecule has 0 aromatic carbocycles. The summed E-state index contributed by atoms with van der Waals surface area (Å²) >= 11 is 0. The fourth-order valence-electron chi connectivity index (χ4n) is 1.83. The Morgan fingerprint density at radius 3 is 2.50 bits per heavy atom. The average Bonchev–Trinajstić information content (AvgIpc) is 2.06. The lowest BCUT2D eigenvalue weighted by molar-refractivity contribution is -0.0387. The number of nitrogens with two attached hydrogens (primary N) is 1. The Labute approximate surface area is 74.6 Å². The molecule has 0 spiro atoms. The minimum atomic E-state index is -0.151. The molecule has 1 saturated heterocycles. The van der Waals surface area contributed by atoms with Crippen LogP contribution in [0.5, 0.6) is 0 Å². The van der Waals surface area contributed by atoms with Crippen LogP contribution in [0.4, 0.5) is 0 Å². The first kappa shape index (κ1) is 9.96. The summed E-state index contributed by atoms with van der Waals surface area (Å²) in [5, 5.41) is 3.35. The lowest BCUT2D eigenvalue weighted by Crippen LogP contribution is -2.35. The molecule has 0 aromatic heterocycles. The molecule has 0 bridgehead atoms. The van der Waals surface area contributed by atoms with Gasteiger partial charge in [0, 0.05) is 0 Å². The predicted octanol–water partition coefficient (Wildman–Crippen LogP) is 1.04. The van der Waals surface area contributed by atoms with E-state index in [4.69, 9.17) is 10.7 Å². The van der Waals surface area contributed by atoms with Gasteiger partial charge in [0.15, 0.2) is 0 Å². The molecule has 3 heteroatoms. The third-order valence-corrected chi connectivity index (χ3v) is 2.56. The van der Waals surface area contributed by atoms with Crippen molar-refractivity contribution in [2.75, 3.05) is 13.1 Å². The maximum Gasteiger partial charge on any atom is 0.0840 e. The van der Waals surface area contributed by atoms with Crippen LogP contribution in [0.2, 0.25) is 0 Å². The molecule has 0 aliphatic carbocycles. The summed E-state index contributed by atoms with van der Waals surface area (Å²) in [5.74, 6) is 5.99. The van der Waals surface area contributed by atoms with Crippen molar-refractivity contribution in [3.05, 3.63) is 0 Å². The van der Waals surface area contributed by atoms with E-state index in [0.717, 1.165) is 25.4 Å². The molecule has 3 nitrogen and oxygen atoms in total. The number of hydrogen-bond acceptors (Lipinski definition) is 3. The van der Waals surface area contributed by atoms with Crippen LogP contribution in [0.1, 0.15) is 33.1 Å². The van der Waals surface area contributed by atoms with E-state index < -0.39 is 0 Å². The second-order valence-corrected chi connectivity index (χ2v) is 4.28. The van der Waals surface area contributed by atoms with Crippen molar-refractivity contribution in [3.63, 3.8) is 0 Å². The molecule has 0 unspecified atom stereocenters. The monoisotopic (exact) mass is 172 g/mol. The van der Waals surface area contributed by atoms with Crippen LogP contribution in [0.3, 0.4) is 0 Å². The van der Waals surface area contributed by atoms with Gasteiger partial charge in [-0.25, -0.2) is 5.90 Å². The van der Waals surface area contributed by atoms with Gasteiger partial charge in [0.05, 0.1) is 5.60 Å². The van der Waals surface area contributed by atoms with E-state index in [-0.39, 0.29) is 5.60 Å². The lowest BCUT2D eigenvalue weighted by Gasteiger charge is -2.30. The van der Waals surface area contributed by atoms with Gasteiger partial charge in [0.1, 0.15) is 0 Å². The fourth-order valence-corrected chi connectivity index (χ4v) is 1.83. The van der Waals surface area contributed by atoms with Gasteiger partial charge in [0.2, 0.25) is 0 Å². The SMILES string of the molecule is CC(C)(CC1CCNCC1)ON. The van der Waals surface area contributed by atoms with Crippen molar-refractivity contribution in [2.45, 2.75) is 38.7 Å². The van der Waals surface area contributed by atoms with Crippen molar-refractivity contribution in [1.29, 1.82) is 0 Å². The maximum atomic E-state index is 5.21. The molecule has 1 aliphatic rings. The molecular formula is C9H20N2O. The zero-order valence-corrected chi connectivity index (χ0v) is 8.10. The van der Waals surface area contributed by atoms with Gasteiger partial charge < -0.3 is 5.32 Å². The highest BCUT2D eigenvalue weighted by atomic mass is 16.6. The van der Waals surface area contributed by atoms with Gasteiger partial charge in [-0.3, -0.25) is 4.84 Å². The highest BCUT2D eigenvalue weighted by Gasteiger charge is 2.24. The van der Waals surface area contributed by atoms with Crippen LogP contribution in [0.15, 0.2) is 0 Å². The summed E-state index contributed by atoms with van der Waals surface area (Å²) in [6, 6.07) is 0. The summed E-state index contributed by atoms with van der Waals surface area (Å²) in [6.07, 6.45) is 3.59. The largest absolute Gasteiger partial charge is 0.317 e. The molecule has 0 amide bonds. The Morgan fingerprint density at radius 2 is 2.00 bits per heavy atom. The first-order valence-corrected chi connectivity index (χ1v) is 4.73. The first-order chi connectivity index (χ1) is 5.64. The van der Waals surface area contributed by atoms with Gasteiger partial charge in [-0.15, -0.1) is 0 Å². The highest BCUT2D eigenvalue weighted by molar-refractivity contribution is 4.77. The molecule has 3 N–H and O–H groups in total. The topological polar surface area (TPSA) is 47.3 Å². The fraction of sp³-hybridized carbons (Fsp3) is 1.00. The quantitative estimate of drug-likeness (QED) is 0.625. The smallest absolute Gasteiger partial charge is 0.0840 e. The summed E-state index contributed by atoms with van der Waals surface area (Å²) in [6.45, 7) is 6.39. The van der Waals surface area contributed by atoms with E-state index in [0.29, 0.717) is 0 Å². The standard InChI is InChI=1S/C9H20N2O/c1-9(2,12-10)7-8-3-5-11-6-4-8/h8,11H,3-7,10H2,1-2H3. The van der Waals surface area contributed by atoms with Gasteiger partial charge >= 0.3 is 0 Å². The normalized spacial score (nSPS) is 21.2. The number of nitrogens with one attached hydrogen (secondary N) is 1. The van der Waals surface area contributed by atoms with E-state index in [1.807, 2.05) is 0 Å². The molecule has 0 aromatic rings. The predicted molar refractivity (Wildman–Crippen MR) is 49.6 cm³/mol. The maximum absolute atomic E-state index is 5.21. The average molecular weight is 172 g/mol. The molecule has 1 rings (SSSR count). The van der Waals surface area contributed by atoms with Crippen molar-refractivity contribution >= 4 is 0 Å². The third-order valence-electron chi connectivity index (χ3n) is 2.56. The Kier molecular flexibility index (Phi) is 3.50. The summed E-state index contributed by atoms with van der Waals surface area (Å²) < 4.78 is 0. The second-order valence-electron chi connectivity index (χ2n) is 4.28. The Balaban J connectivity index is 2.28. The molecule has 0 saturated carbocycles. The lowest BCUT2D eigenvalue weighted by atomic mass is 9.87. The summed E-state index contributed by atoms with van der Waals surface area (Å²) in [4.78, 5) is 4.92. The van der Waals surface area contributed by atoms with Crippen LogP contribution in [0, 0.1) is 5.92 Å². The zero-order valence-electron chi connectivity index (χ0n) is 8.10. The van der Waals surface area contributed by atoms with Gasteiger partial charge in [-0.1, -0.05) is 0 Å². The minimum absolute atomic E-state index is 0.151. The van der Waals surface area contributed by atoms with E-state index in [1.165, 1.54) is 12.8 Å². The Hall–Kier alpha value is -0.120. The molecular weight excluding hydrogens is 152 g/mol. The molecule has 0 radical (unpaired) electrons. The number of rotatable bonds is 3. The zero-order chi connectivity index (χ0) is 9.03. The highest BCUT2D eigenvalue weighted by Crippen LogP contribution is 2.24. The first-order valence-electron chi connectivity index (χ1n) is 4.73. The van der Waals surface area contributed by atoms with Crippen LogP contribution in [-0.4, -0.2) is 18.7 Å². The van der Waals surface area contributed by atoms with Crippen molar-refractivity contribution in [2.24, 2.45) is 11.8 Å². The molecule has 1 aliphatic heterocycles. The Morgan fingerprint density at radius 1 is 1.42 bits per heavy atom. The van der Waals surface area contributed by atoms with Crippen molar-refractivity contribution in [3.8, 4) is 0 Å². The molecule has 12 heavy (non-hydrogen) atoms. The Bertz CT molecular complexity index is 130. The third kappa shape index (κ3) is 3.09. The van der Waals surface area contributed by atoms with Crippen molar-refractivity contribution in [1.82, 2.24) is 5.32 Å². The number of hydrogen-bond donors (Lipinski definition) is 2. The van der Waals surface area contributed by atoms with Crippen LogP contribution < -0.4 is 11.2 Å². The summed E-state index contributed by atoms with van der Waals surface area (Å²) in [5.41, 5.74) is -0.151. The second kappa shape index (κ2) is 4.21. The summed E-state index contributed by atoms with van der Waals surface area (Å²) in [7, 11) is 0. The van der Waals surface area contributed by atoms with Gasteiger partial charge in [-0.05, 0) is 52.1 Å². The minimum Gasteiger partial charge on any atom is -0.317 e. The molecule has 72 valence electrons.